The van der Waals surface area contributed by atoms with Crippen LogP contribution < -0.4 is 4.74 Å². The summed E-state index contributed by atoms with van der Waals surface area (Å²) in [5, 5.41) is 4.55. The van der Waals surface area contributed by atoms with Gasteiger partial charge in [0.15, 0.2) is 0 Å². The maximum absolute atomic E-state index is 8.45. The summed E-state index contributed by atoms with van der Waals surface area (Å²) in [5.74, 6) is 1.31. The molecule has 0 fully saturated rings. The van der Waals surface area contributed by atoms with Gasteiger partial charge >= 0.3 is 0 Å². The van der Waals surface area contributed by atoms with E-state index in [1.54, 1.807) is 6.07 Å². The smallest absolute Gasteiger partial charge is 0.135 e. The summed E-state index contributed by atoms with van der Waals surface area (Å²) in [6.07, 6.45) is 0. The second-order valence-electron chi connectivity index (χ2n) is 11.8. The molecule has 198 valence electrons. The first-order valence-corrected chi connectivity index (χ1v) is 14.3. The van der Waals surface area contributed by atoms with Gasteiger partial charge in [-0.15, -0.1) is 0 Å². The monoisotopic (exact) mass is 541 g/mol. The first-order chi connectivity index (χ1) is 22.6. The van der Waals surface area contributed by atoms with E-state index in [1.807, 2.05) is 18.2 Å². The SMILES string of the molecule is [2H]c1c([2H])c([2H])c(-c2ccc3c(c2)Oc2ccc(-c4ccc5cc6c(cc5c4)C(C)(C)c4ccccc4-6)c4cccc-3c24)c([2H])c1[2H]. The van der Waals surface area contributed by atoms with Crippen molar-refractivity contribution in [3.05, 3.63) is 144 Å². The van der Waals surface area contributed by atoms with Crippen LogP contribution in [0.1, 0.15) is 31.8 Å². The van der Waals surface area contributed by atoms with E-state index in [2.05, 4.69) is 92.7 Å². The lowest BCUT2D eigenvalue weighted by molar-refractivity contribution is 0.487. The van der Waals surface area contributed by atoms with Crippen molar-refractivity contribution >= 4 is 21.5 Å². The Bertz CT molecular complexity index is 2500. The fourth-order valence-corrected chi connectivity index (χ4v) is 7.05. The molecule has 1 nitrogen and oxygen atoms in total. The number of ether oxygens (including phenoxy) is 1. The van der Waals surface area contributed by atoms with Crippen molar-refractivity contribution in [2.24, 2.45) is 0 Å². The van der Waals surface area contributed by atoms with Crippen LogP contribution in [0.15, 0.2) is 133 Å². The molecule has 0 unspecified atom stereocenters. The van der Waals surface area contributed by atoms with Gasteiger partial charge in [0.1, 0.15) is 11.5 Å². The molecule has 0 aromatic heterocycles. The molecule has 0 N–H and O–H groups in total. The molecule has 0 radical (unpaired) electrons. The average Bonchev–Trinajstić information content (AvgIpc) is 3.31. The average molecular weight is 542 g/mol. The van der Waals surface area contributed by atoms with Gasteiger partial charge in [0.05, 0.1) is 6.85 Å². The van der Waals surface area contributed by atoms with Crippen LogP contribution in [-0.4, -0.2) is 0 Å². The fourth-order valence-electron chi connectivity index (χ4n) is 7.05. The molecule has 42 heavy (non-hydrogen) atoms. The zero-order chi connectivity index (χ0) is 32.4. The van der Waals surface area contributed by atoms with Crippen LogP contribution in [0.2, 0.25) is 0 Å². The molecular weight excluding hydrogens is 508 g/mol. The largest absolute Gasteiger partial charge is 0.456 e. The third-order valence-corrected chi connectivity index (χ3v) is 9.13. The molecule has 2 aliphatic rings. The van der Waals surface area contributed by atoms with Crippen LogP contribution >= 0.6 is 0 Å². The summed E-state index contributed by atoms with van der Waals surface area (Å²) < 4.78 is 47.6. The lowest BCUT2D eigenvalue weighted by Crippen LogP contribution is -2.14. The maximum Gasteiger partial charge on any atom is 0.135 e. The molecule has 1 heterocycles. The van der Waals surface area contributed by atoms with Crippen molar-refractivity contribution in [1.82, 2.24) is 0 Å². The molecule has 1 aliphatic carbocycles. The molecular formula is C41H28O. The number of rotatable bonds is 2. The molecule has 1 heteroatoms. The van der Waals surface area contributed by atoms with E-state index in [9.17, 15) is 0 Å². The van der Waals surface area contributed by atoms with E-state index < -0.39 is 6.04 Å². The van der Waals surface area contributed by atoms with Gasteiger partial charge in [-0.05, 0) is 103 Å². The highest BCUT2D eigenvalue weighted by Crippen LogP contribution is 2.51. The maximum atomic E-state index is 8.45. The molecule has 1 aliphatic heterocycles. The predicted octanol–water partition coefficient (Wildman–Crippen LogP) is 11.4. The molecule has 0 atom stereocenters. The highest BCUT2D eigenvalue weighted by molar-refractivity contribution is 6.10. The quantitative estimate of drug-likeness (QED) is 0.211. The van der Waals surface area contributed by atoms with Crippen LogP contribution in [0.3, 0.4) is 0 Å². The van der Waals surface area contributed by atoms with Crippen LogP contribution in [0.5, 0.6) is 11.5 Å². The molecule has 0 spiro atoms. The van der Waals surface area contributed by atoms with Gasteiger partial charge in [0.2, 0.25) is 0 Å². The highest BCUT2D eigenvalue weighted by atomic mass is 16.5. The molecule has 0 amide bonds. The molecule has 0 saturated heterocycles. The lowest BCUT2D eigenvalue weighted by Gasteiger charge is -2.23. The van der Waals surface area contributed by atoms with Crippen molar-refractivity contribution in [1.29, 1.82) is 0 Å². The third-order valence-electron chi connectivity index (χ3n) is 9.13. The van der Waals surface area contributed by atoms with Gasteiger partial charge < -0.3 is 4.74 Å². The number of fused-ring (bicyclic) bond motifs is 6. The summed E-state index contributed by atoms with van der Waals surface area (Å²) in [4.78, 5) is 0. The van der Waals surface area contributed by atoms with Gasteiger partial charge in [-0.25, -0.2) is 0 Å². The van der Waals surface area contributed by atoms with Crippen molar-refractivity contribution in [3.63, 3.8) is 0 Å². The van der Waals surface area contributed by atoms with E-state index in [0.29, 0.717) is 11.3 Å². The van der Waals surface area contributed by atoms with Gasteiger partial charge in [-0.1, -0.05) is 111 Å². The standard InChI is InChI=1S/C41H28O/c1-41(2)36-14-7-6-11-31(36)35-22-26-15-16-28(21-29(26)23-37(35)41)30-19-20-38-40-33(30)12-8-13-34(40)32-18-17-27(24-39(32)42-38)25-9-4-3-5-10-25/h3-24H,1-2H3/i3D,4D,5D,9D,10D. The minimum atomic E-state index is -0.404. The first kappa shape index (κ1) is 19.1. The van der Waals surface area contributed by atoms with Gasteiger partial charge in [-0.3, -0.25) is 0 Å². The van der Waals surface area contributed by atoms with E-state index in [4.69, 9.17) is 11.6 Å². The number of benzene rings is 7. The summed E-state index contributed by atoms with van der Waals surface area (Å²) in [7, 11) is 0. The Balaban J connectivity index is 1.17. The summed E-state index contributed by atoms with van der Waals surface area (Å²) >= 11 is 0. The first-order valence-electron chi connectivity index (χ1n) is 16.8. The highest BCUT2D eigenvalue weighted by Gasteiger charge is 2.35. The summed E-state index contributed by atoms with van der Waals surface area (Å²) in [5.41, 5.74) is 10.2. The van der Waals surface area contributed by atoms with Gasteiger partial charge in [-0.2, -0.15) is 0 Å². The van der Waals surface area contributed by atoms with Crippen LogP contribution in [0.25, 0.3) is 66.1 Å². The van der Waals surface area contributed by atoms with Crippen LogP contribution in [0, 0.1) is 0 Å². The Kier molecular flexibility index (Phi) is 3.83. The zero-order valence-corrected chi connectivity index (χ0v) is 23.2. The van der Waals surface area contributed by atoms with E-state index >= 15 is 0 Å². The van der Waals surface area contributed by atoms with Gasteiger partial charge in [0.25, 0.3) is 0 Å². The van der Waals surface area contributed by atoms with E-state index in [0.717, 1.165) is 38.8 Å². The summed E-state index contributed by atoms with van der Waals surface area (Å²) in [6, 6.07) is 34.5. The topological polar surface area (TPSA) is 9.23 Å². The minimum Gasteiger partial charge on any atom is -0.456 e. The normalized spacial score (nSPS) is 15.5. The Morgan fingerprint density at radius 1 is 0.524 bits per heavy atom. The lowest BCUT2D eigenvalue weighted by atomic mass is 9.81. The van der Waals surface area contributed by atoms with Crippen molar-refractivity contribution < 1.29 is 11.6 Å². The van der Waals surface area contributed by atoms with E-state index in [1.165, 1.54) is 33.0 Å². The Labute approximate surface area is 252 Å². The third kappa shape index (κ3) is 3.25. The van der Waals surface area contributed by atoms with Crippen molar-refractivity contribution in [2.75, 3.05) is 0 Å². The van der Waals surface area contributed by atoms with Gasteiger partial charge in [0, 0.05) is 16.4 Å². The predicted molar refractivity (Wildman–Crippen MR) is 175 cm³/mol. The van der Waals surface area contributed by atoms with Crippen LogP contribution in [-0.2, 0) is 5.41 Å². The van der Waals surface area contributed by atoms with E-state index in [-0.39, 0.29) is 35.1 Å². The molecule has 7 aromatic rings. The number of hydrogen-bond acceptors (Lipinski definition) is 1. The Morgan fingerprint density at radius 3 is 2.24 bits per heavy atom. The fraction of sp³-hybridized carbons (Fsp3) is 0.0732. The second kappa shape index (κ2) is 8.44. The van der Waals surface area contributed by atoms with Crippen molar-refractivity contribution in [3.8, 4) is 56.0 Å². The molecule has 7 aromatic carbocycles. The molecule has 0 bridgehead atoms. The molecule has 9 rings (SSSR count). The molecule has 0 saturated carbocycles. The van der Waals surface area contributed by atoms with Crippen molar-refractivity contribution in [2.45, 2.75) is 19.3 Å². The zero-order valence-electron chi connectivity index (χ0n) is 28.2. The Hall–Kier alpha value is -5.14. The second-order valence-corrected chi connectivity index (χ2v) is 11.8. The Morgan fingerprint density at radius 2 is 1.33 bits per heavy atom. The van der Waals surface area contributed by atoms with Crippen LogP contribution in [0.4, 0.5) is 0 Å². The summed E-state index contributed by atoms with van der Waals surface area (Å²) in [6.45, 7) is 4.62. The minimum absolute atomic E-state index is 0.0660. The number of hydrogen-bond donors (Lipinski definition) is 0.